The zero-order valence-corrected chi connectivity index (χ0v) is 12.5. The van der Waals surface area contributed by atoms with E-state index in [4.69, 9.17) is 10.2 Å². The second-order valence-corrected chi connectivity index (χ2v) is 8.54. The molecule has 7 heteroatoms. The van der Waals surface area contributed by atoms with Gasteiger partial charge in [0.2, 0.25) is 0 Å². The summed E-state index contributed by atoms with van der Waals surface area (Å²) < 4.78 is 29.7. The second kappa shape index (κ2) is 4.66. The van der Waals surface area contributed by atoms with Crippen LogP contribution in [0, 0.1) is 0 Å². The standard InChI is InChI=1S/C13H18N2O4S/c1-13(2,3)20(17,18)7-6-15-10-5-4-9(14)8-11(10)19-12(15)16/h4-5,8H,6-7,14H2,1-3H3. The van der Waals surface area contributed by atoms with Crippen molar-refractivity contribution >= 4 is 26.6 Å². The van der Waals surface area contributed by atoms with Gasteiger partial charge in [-0.2, -0.15) is 0 Å². The van der Waals surface area contributed by atoms with E-state index in [1.807, 2.05) is 0 Å². The third kappa shape index (κ3) is 2.58. The molecule has 20 heavy (non-hydrogen) atoms. The first-order chi connectivity index (χ1) is 9.12. The van der Waals surface area contributed by atoms with Crippen LogP contribution < -0.4 is 11.5 Å². The molecule has 0 fully saturated rings. The number of rotatable bonds is 3. The lowest BCUT2D eigenvalue weighted by Gasteiger charge is -2.18. The fourth-order valence-corrected chi connectivity index (χ4v) is 2.85. The molecule has 0 aliphatic heterocycles. The van der Waals surface area contributed by atoms with Crippen LogP contribution in [0.5, 0.6) is 0 Å². The van der Waals surface area contributed by atoms with Gasteiger partial charge >= 0.3 is 5.76 Å². The highest BCUT2D eigenvalue weighted by Crippen LogP contribution is 2.19. The van der Waals surface area contributed by atoms with Crippen LogP contribution in [-0.2, 0) is 16.4 Å². The number of aromatic nitrogens is 1. The smallest absolute Gasteiger partial charge is 0.408 e. The molecule has 0 aliphatic rings. The molecule has 6 nitrogen and oxygen atoms in total. The molecule has 0 bridgehead atoms. The summed E-state index contributed by atoms with van der Waals surface area (Å²) in [6.07, 6.45) is 0. The first kappa shape index (κ1) is 14.6. The molecule has 0 spiro atoms. The second-order valence-electron chi connectivity index (χ2n) is 5.68. The van der Waals surface area contributed by atoms with Crippen LogP contribution in [0.15, 0.2) is 27.4 Å². The molecule has 1 aromatic carbocycles. The Balaban J connectivity index is 2.36. The molecular weight excluding hydrogens is 280 g/mol. The van der Waals surface area contributed by atoms with E-state index in [1.54, 1.807) is 39.0 Å². The molecule has 2 rings (SSSR count). The number of benzene rings is 1. The van der Waals surface area contributed by atoms with Crippen molar-refractivity contribution < 1.29 is 12.8 Å². The highest BCUT2D eigenvalue weighted by atomic mass is 32.2. The molecule has 2 aromatic rings. The predicted octanol–water partition coefficient (Wildman–Crippen LogP) is 1.39. The lowest BCUT2D eigenvalue weighted by Crippen LogP contribution is -2.33. The van der Waals surface area contributed by atoms with E-state index in [0.29, 0.717) is 16.8 Å². The first-order valence-electron chi connectivity index (χ1n) is 6.23. The van der Waals surface area contributed by atoms with E-state index in [1.165, 1.54) is 4.57 Å². The zero-order chi connectivity index (χ0) is 15.1. The van der Waals surface area contributed by atoms with Gasteiger partial charge in [0.15, 0.2) is 15.4 Å². The molecule has 0 saturated carbocycles. The van der Waals surface area contributed by atoms with Crippen LogP contribution in [0.25, 0.3) is 11.1 Å². The lowest BCUT2D eigenvalue weighted by atomic mass is 10.3. The molecular formula is C13H18N2O4S. The van der Waals surface area contributed by atoms with Gasteiger partial charge in [-0.3, -0.25) is 4.57 Å². The SMILES string of the molecule is CC(C)(C)S(=O)(=O)CCn1c(=O)oc2cc(N)ccc21. The number of nitrogen functional groups attached to an aromatic ring is 1. The van der Waals surface area contributed by atoms with Crippen LogP contribution in [0.4, 0.5) is 5.69 Å². The van der Waals surface area contributed by atoms with E-state index in [0.717, 1.165) is 0 Å². The minimum Gasteiger partial charge on any atom is -0.408 e. The Morgan fingerprint density at radius 1 is 1.30 bits per heavy atom. The van der Waals surface area contributed by atoms with Gasteiger partial charge in [0.1, 0.15) is 0 Å². The number of sulfone groups is 1. The maximum absolute atomic E-state index is 12.1. The number of hydrogen-bond acceptors (Lipinski definition) is 5. The van der Waals surface area contributed by atoms with Gasteiger partial charge in [-0.05, 0) is 32.9 Å². The molecule has 0 aliphatic carbocycles. The Labute approximate surface area is 117 Å². The van der Waals surface area contributed by atoms with Crippen LogP contribution in [0.2, 0.25) is 0 Å². The van der Waals surface area contributed by atoms with Gasteiger partial charge in [-0.1, -0.05) is 0 Å². The third-order valence-electron chi connectivity index (χ3n) is 3.21. The molecule has 0 amide bonds. The minimum absolute atomic E-state index is 0.0648. The van der Waals surface area contributed by atoms with Crippen molar-refractivity contribution in [2.75, 3.05) is 11.5 Å². The van der Waals surface area contributed by atoms with E-state index in [2.05, 4.69) is 0 Å². The quantitative estimate of drug-likeness (QED) is 0.864. The van der Waals surface area contributed by atoms with Crippen LogP contribution in [0.3, 0.4) is 0 Å². The summed E-state index contributed by atoms with van der Waals surface area (Å²) >= 11 is 0. The normalized spacial score (nSPS) is 12.9. The van der Waals surface area contributed by atoms with Gasteiger partial charge in [-0.15, -0.1) is 0 Å². The van der Waals surface area contributed by atoms with Gasteiger partial charge < -0.3 is 10.2 Å². The Morgan fingerprint density at radius 2 is 1.95 bits per heavy atom. The van der Waals surface area contributed by atoms with E-state index in [-0.39, 0.29) is 12.3 Å². The summed E-state index contributed by atoms with van der Waals surface area (Å²) in [7, 11) is -3.29. The third-order valence-corrected chi connectivity index (χ3v) is 5.80. The van der Waals surface area contributed by atoms with Crippen molar-refractivity contribution in [3.8, 4) is 0 Å². The molecule has 0 saturated heterocycles. The van der Waals surface area contributed by atoms with E-state index in [9.17, 15) is 13.2 Å². The summed E-state index contributed by atoms with van der Waals surface area (Å²) in [5.74, 6) is -0.690. The van der Waals surface area contributed by atoms with E-state index < -0.39 is 20.3 Å². The van der Waals surface area contributed by atoms with Gasteiger partial charge in [0.25, 0.3) is 0 Å². The largest absolute Gasteiger partial charge is 0.419 e. The van der Waals surface area contributed by atoms with Gasteiger partial charge in [-0.25, -0.2) is 13.2 Å². The number of nitrogens with zero attached hydrogens (tertiary/aromatic N) is 1. The number of aryl methyl sites for hydroxylation is 1. The monoisotopic (exact) mass is 298 g/mol. The predicted molar refractivity (Wildman–Crippen MR) is 78.4 cm³/mol. The topological polar surface area (TPSA) is 95.3 Å². The highest BCUT2D eigenvalue weighted by Gasteiger charge is 2.29. The number of oxazole rings is 1. The number of anilines is 1. The van der Waals surface area contributed by atoms with Crippen molar-refractivity contribution in [3.05, 3.63) is 28.7 Å². The summed E-state index contributed by atoms with van der Waals surface area (Å²) in [6.45, 7) is 4.98. The Bertz CT molecular complexity index is 794. The molecule has 1 heterocycles. The van der Waals surface area contributed by atoms with Crippen molar-refractivity contribution in [1.82, 2.24) is 4.57 Å². The maximum atomic E-state index is 12.1. The van der Waals surface area contributed by atoms with Crippen LogP contribution in [-0.4, -0.2) is 23.5 Å². The van der Waals surface area contributed by atoms with Crippen LogP contribution in [0.1, 0.15) is 20.8 Å². The van der Waals surface area contributed by atoms with Crippen molar-refractivity contribution in [2.45, 2.75) is 32.1 Å². The Morgan fingerprint density at radius 3 is 2.55 bits per heavy atom. The van der Waals surface area contributed by atoms with Crippen molar-refractivity contribution in [1.29, 1.82) is 0 Å². The number of fused-ring (bicyclic) bond motifs is 1. The van der Waals surface area contributed by atoms with Gasteiger partial charge in [0.05, 0.1) is 16.0 Å². The molecule has 2 N–H and O–H groups in total. The molecule has 0 atom stereocenters. The average Bonchev–Trinajstić information content (AvgIpc) is 2.59. The number of nitrogens with two attached hydrogens (primary N) is 1. The highest BCUT2D eigenvalue weighted by molar-refractivity contribution is 7.92. The zero-order valence-electron chi connectivity index (χ0n) is 11.7. The van der Waals surface area contributed by atoms with Crippen molar-refractivity contribution in [3.63, 3.8) is 0 Å². The Kier molecular flexibility index (Phi) is 3.41. The number of hydrogen-bond donors (Lipinski definition) is 1. The van der Waals surface area contributed by atoms with E-state index >= 15 is 0 Å². The maximum Gasteiger partial charge on any atom is 0.419 e. The van der Waals surface area contributed by atoms with Gasteiger partial charge in [0, 0.05) is 18.3 Å². The molecule has 110 valence electrons. The molecule has 0 unspecified atom stereocenters. The average molecular weight is 298 g/mol. The first-order valence-corrected chi connectivity index (χ1v) is 7.88. The molecule has 1 aromatic heterocycles. The summed E-state index contributed by atoms with van der Waals surface area (Å²) in [5.41, 5.74) is 7.02. The Hall–Kier alpha value is -1.76. The van der Waals surface area contributed by atoms with Crippen molar-refractivity contribution in [2.24, 2.45) is 0 Å². The molecule has 0 radical (unpaired) electrons. The lowest BCUT2D eigenvalue weighted by molar-refractivity contribution is 0.508. The fourth-order valence-electron chi connectivity index (χ4n) is 1.81. The summed E-state index contributed by atoms with van der Waals surface area (Å²) in [6, 6.07) is 4.84. The fraction of sp³-hybridized carbons (Fsp3) is 0.462. The summed E-state index contributed by atoms with van der Waals surface area (Å²) in [5, 5.41) is 0. The van der Waals surface area contributed by atoms with Crippen LogP contribution >= 0.6 is 0 Å². The summed E-state index contributed by atoms with van der Waals surface area (Å²) in [4.78, 5) is 11.8. The minimum atomic E-state index is -3.29.